The summed E-state index contributed by atoms with van der Waals surface area (Å²) in [6.07, 6.45) is 2.13. The number of anilines is 1. The minimum Gasteiger partial charge on any atom is -0.495 e. The van der Waals surface area contributed by atoms with E-state index in [0.717, 1.165) is 39.2 Å². The molecule has 1 amide bonds. The molecule has 0 fully saturated rings. The lowest BCUT2D eigenvalue weighted by Crippen LogP contribution is -2.14. The van der Waals surface area contributed by atoms with Crippen molar-refractivity contribution in [3.8, 4) is 5.75 Å². The Morgan fingerprint density at radius 1 is 0.964 bits per heavy atom. The molecular formula is C24H18BrNO2. The summed E-state index contributed by atoms with van der Waals surface area (Å²) in [5.41, 5.74) is 4.06. The number of carbonyl (C=O) groups is 1. The van der Waals surface area contributed by atoms with E-state index in [-0.39, 0.29) is 5.91 Å². The first-order valence-electron chi connectivity index (χ1n) is 9.27. The van der Waals surface area contributed by atoms with Crippen LogP contribution >= 0.6 is 15.9 Å². The van der Waals surface area contributed by atoms with Crippen LogP contribution in [0.25, 0.3) is 21.5 Å². The minimum atomic E-state index is -0.179. The van der Waals surface area contributed by atoms with Gasteiger partial charge in [-0.05, 0) is 68.2 Å². The zero-order valence-electron chi connectivity index (χ0n) is 15.4. The standard InChI is InChI=1S/C24H18BrNO2/c1-28-23-19(13-16-5-2-3-7-17(16)22(23)25)24(27)26-20-12-11-15-10-9-14-6-4-8-18(20)21(14)15/h2-8,11-13H,9-10H2,1H3,(H,26,27). The van der Waals surface area contributed by atoms with Crippen LogP contribution in [0.2, 0.25) is 0 Å². The molecular weight excluding hydrogens is 414 g/mol. The molecule has 0 atom stereocenters. The van der Waals surface area contributed by atoms with Crippen LogP contribution in [0, 0.1) is 0 Å². The van der Waals surface area contributed by atoms with Gasteiger partial charge in [-0.1, -0.05) is 48.5 Å². The number of aryl methyl sites for hydroxylation is 2. The molecule has 0 aromatic heterocycles. The molecule has 0 heterocycles. The summed E-state index contributed by atoms with van der Waals surface area (Å²) in [7, 11) is 1.59. The van der Waals surface area contributed by atoms with Crippen LogP contribution in [0.3, 0.4) is 0 Å². The first-order valence-corrected chi connectivity index (χ1v) is 10.1. The molecule has 0 radical (unpaired) electrons. The Kier molecular flexibility index (Phi) is 4.09. The van der Waals surface area contributed by atoms with Crippen LogP contribution < -0.4 is 10.1 Å². The van der Waals surface area contributed by atoms with Gasteiger partial charge in [-0.25, -0.2) is 0 Å². The molecule has 28 heavy (non-hydrogen) atoms. The van der Waals surface area contributed by atoms with E-state index in [1.165, 1.54) is 16.5 Å². The summed E-state index contributed by atoms with van der Waals surface area (Å²) in [4.78, 5) is 13.2. The van der Waals surface area contributed by atoms with Crippen molar-refractivity contribution in [3.63, 3.8) is 0 Å². The third-order valence-electron chi connectivity index (χ3n) is 5.51. The molecule has 0 saturated heterocycles. The van der Waals surface area contributed by atoms with Crippen LogP contribution in [0.15, 0.2) is 65.1 Å². The molecule has 138 valence electrons. The monoisotopic (exact) mass is 431 g/mol. The smallest absolute Gasteiger partial charge is 0.259 e. The Morgan fingerprint density at radius 2 is 1.71 bits per heavy atom. The van der Waals surface area contributed by atoms with E-state index in [1.54, 1.807) is 7.11 Å². The number of nitrogens with one attached hydrogen (secondary N) is 1. The highest BCUT2D eigenvalue weighted by Gasteiger charge is 2.20. The lowest BCUT2D eigenvalue weighted by molar-refractivity contribution is 0.102. The van der Waals surface area contributed by atoms with Gasteiger partial charge >= 0.3 is 0 Å². The first kappa shape index (κ1) is 17.3. The van der Waals surface area contributed by atoms with E-state index < -0.39 is 0 Å². The average Bonchev–Trinajstić information content (AvgIpc) is 3.15. The van der Waals surface area contributed by atoms with Crippen molar-refractivity contribution in [1.82, 2.24) is 0 Å². The van der Waals surface area contributed by atoms with Gasteiger partial charge in [-0.15, -0.1) is 0 Å². The van der Waals surface area contributed by atoms with Crippen molar-refractivity contribution in [2.45, 2.75) is 12.8 Å². The van der Waals surface area contributed by atoms with E-state index in [1.807, 2.05) is 36.4 Å². The Labute approximate surface area is 171 Å². The molecule has 0 aliphatic heterocycles. The molecule has 1 aliphatic carbocycles. The lowest BCUT2D eigenvalue weighted by atomic mass is 10.0. The van der Waals surface area contributed by atoms with Crippen LogP contribution in [0.5, 0.6) is 5.75 Å². The second-order valence-corrected chi connectivity index (χ2v) is 7.85. The molecule has 0 bridgehead atoms. The van der Waals surface area contributed by atoms with Gasteiger partial charge < -0.3 is 10.1 Å². The predicted molar refractivity (Wildman–Crippen MR) is 118 cm³/mol. The highest BCUT2D eigenvalue weighted by molar-refractivity contribution is 9.10. The summed E-state index contributed by atoms with van der Waals surface area (Å²) < 4.78 is 6.36. The number of benzene rings is 4. The van der Waals surface area contributed by atoms with Gasteiger partial charge in [0.15, 0.2) is 0 Å². The van der Waals surface area contributed by atoms with Crippen molar-refractivity contribution in [2.75, 3.05) is 12.4 Å². The molecule has 4 heteroatoms. The maximum atomic E-state index is 13.2. The lowest BCUT2D eigenvalue weighted by Gasteiger charge is -2.15. The fraction of sp³-hybridized carbons (Fsp3) is 0.125. The number of methoxy groups -OCH3 is 1. The molecule has 0 saturated carbocycles. The van der Waals surface area contributed by atoms with Crippen molar-refractivity contribution in [1.29, 1.82) is 0 Å². The maximum absolute atomic E-state index is 13.2. The Bertz CT molecular complexity index is 1250. The SMILES string of the molecule is COc1c(C(=O)Nc2ccc3c4c(cccc24)CC3)cc2ccccc2c1Br. The van der Waals surface area contributed by atoms with E-state index in [2.05, 4.69) is 45.5 Å². The number of fused-ring (bicyclic) bond motifs is 1. The second kappa shape index (κ2) is 6.64. The number of ether oxygens (including phenoxy) is 1. The normalized spacial score (nSPS) is 12.5. The van der Waals surface area contributed by atoms with Gasteiger partial charge in [0.25, 0.3) is 5.91 Å². The number of amides is 1. The third-order valence-corrected chi connectivity index (χ3v) is 6.30. The van der Waals surface area contributed by atoms with Gasteiger partial charge in [0.05, 0.1) is 17.1 Å². The van der Waals surface area contributed by atoms with Gasteiger partial charge in [0.2, 0.25) is 0 Å². The Balaban J connectivity index is 1.61. The van der Waals surface area contributed by atoms with Crippen molar-refractivity contribution < 1.29 is 9.53 Å². The van der Waals surface area contributed by atoms with Gasteiger partial charge in [0, 0.05) is 11.1 Å². The fourth-order valence-electron chi connectivity index (χ4n) is 4.20. The van der Waals surface area contributed by atoms with Crippen molar-refractivity contribution in [2.24, 2.45) is 0 Å². The Morgan fingerprint density at radius 3 is 2.54 bits per heavy atom. The van der Waals surface area contributed by atoms with Gasteiger partial charge in [-0.2, -0.15) is 0 Å². The van der Waals surface area contributed by atoms with Gasteiger partial charge in [-0.3, -0.25) is 4.79 Å². The predicted octanol–water partition coefficient (Wildman–Crippen LogP) is 6.12. The fourth-order valence-corrected chi connectivity index (χ4v) is 4.93. The van der Waals surface area contributed by atoms with Gasteiger partial charge in [0.1, 0.15) is 5.75 Å². The molecule has 0 unspecified atom stereocenters. The quantitative estimate of drug-likeness (QED) is 0.424. The second-order valence-electron chi connectivity index (χ2n) is 7.06. The number of hydrogen-bond acceptors (Lipinski definition) is 2. The van der Waals surface area contributed by atoms with Crippen molar-refractivity contribution >= 4 is 49.1 Å². The largest absolute Gasteiger partial charge is 0.495 e. The zero-order chi connectivity index (χ0) is 19.3. The zero-order valence-corrected chi connectivity index (χ0v) is 17.0. The van der Waals surface area contributed by atoms with Crippen molar-refractivity contribution in [3.05, 3.63) is 81.8 Å². The molecule has 4 aromatic rings. The summed E-state index contributed by atoms with van der Waals surface area (Å²) in [6, 6.07) is 20.3. The molecule has 1 N–H and O–H groups in total. The van der Waals surface area contributed by atoms with Crippen LogP contribution in [-0.4, -0.2) is 13.0 Å². The summed E-state index contributed by atoms with van der Waals surface area (Å²) >= 11 is 3.61. The summed E-state index contributed by atoms with van der Waals surface area (Å²) in [5, 5.41) is 7.49. The molecule has 3 nitrogen and oxygen atoms in total. The van der Waals surface area contributed by atoms with Crippen LogP contribution in [-0.2, 0) is 12.8 Å². The molecule has 0 spiro atoms. The average molecular weight is 432 g/mol. The number of halogens is 1. The molecule has 1 aliphatic rings. The van der Waals surface area contributed by atoms with Crippen LogP contribution in [0.4, 0.5) is 5.69 Å². The summed E-state index contributed by atoms with van der Waals surface area (Å²) in [5.74, 6) is 0.365. The minimum absolute atomic E-state index is 0.179. The van der Waals surface area contributed by atoms with E-state index in [9.17, 15) is 4.79 Å². The van der Waals surface area contributed by atoms with E-state index in [4.69, 9.17) is 4.74 Å². The first-order chi connectivity index (χ1) is 13.7. The highest BCUT2D eigenvalue weighted by Crippen LogP contribution is 2.38. The number of rotatable bonds is 3. The van der Waals surface area contributed by atoms with Crippen LogP contribution in [0.1, 0.15) is 21.5 Å². The molecule has 4 aromatic carbocycles. The highest BCUT2D eigenvalue weighted by atomic mass is 79.9. The third kappa shape index (κ3) is 2.60. The number of hydrogen-bond donors (Lipinski definition) is 1. The number of carbonyl (C=O) groups excluding carboxylic acids is 1. The van der Waals surface area contributed by atoms with E-state index in [0.29, 0.717) is 11.3 Å². The maximum Gasteiger partial charge on any atom is 0.259 e. The summed E-state index contributed by atoms with van der Waals surface area (Å²) in [6.45, 7) is 0. The topological polar surface area (TPSA) is 38.3 Å². The van der Waals surface area contributed by atoms with E-state index >= 15 is 0 Å². The molecule has 5 rings (SSSR count). The Hall–Kier alpha value is -2.85.